The van der Waals surface area contributed by atoms with E-state index in [9.17, 15) is 13.5 Å². The normalized spacial score (nSPS) is 11.7. The van der Waals surface area contributed by atoms with Crippen molar-refractivity contribution < 1.29 is 13.5 Å². The Balaban J connectivity index is 2.46. The van der Waals surface area contributed by atoms with Gasteiger partial charge in [0.25, 0.3) is 0 Å². The van der Waals surface area contributed by atoms with Gasteiger partial charge in [0.1, 0.15) is 0 Å². The van der Waals surface area contributed by atoms with Gasteiger partial charge in [-0.3, -0.25) is 0 Å². The Morgan fingerprint density at radius 1 is 1.22 bits per heavy atom. The van der Waals surface area contributed by atoms with Gasteiger partial charge in [-0.2, -0.15) is 0 Å². The first-order valence-electron chi connectivity index (χ1n) is 5.51. The van der Waals surface area contributed by atoms with E-state index in [0.717, 1.165) is 22.5 Å². The molecule has 0 atom stereocenters. The van der Waals surface area contributed by atoms with E-state index in [-0.39, 0.29) is 6.61 Å². The lowest BCUT2D eigenvalue weighted by Crippen LogP contribution is -1.96. The van der Waals surface area contributed by atoms with Crippen LogP contribution in [-0.4, -0.2) is 24.8 Å². The van der Waals surface area contributed by atoms with Crippen LogP contribution in [0.1, 0.15) is 11.3 Å². The molecule has 2 N–H and O–H groups in total. The Morgan fingerprint density at radius 2 is 1.83 bits per heavy atom. The van der Waals surface area contributed by atoms with Gasteiger partial charge in [-0.15, -0.1) is 0 Å². The highest BCUT2D eigenvalue weighted by molar-refractivity contribution is 7.90. The highest BCUT2D eigenvalue weighted by Gasteiger charge is 2.10. The first-order valence-corrected chi connectivity index (χ1v) is 7.41. The quantitative estimate of drug-likeness (QED) is 0.890. The molecule has 0 spiro atoms. The van der Waals surface area contributed by atoms with Gasteiger partial charge in [0.2, 0.25) is 0 Å². The van der Waals surface area contributed by atoms with Crippen molar-refractivity contribution in [3.63, 3.8) is 0 Å². The van der Waals surface area contributed by atoms with E-state index in [1.807, 2.05) is 13.0 Å². The van der Waals surface area contributed by atoms with Crippen molar-refractivity contribution in [2.75, 3.05) is 6.26 Å². The van der Waals surface area contributed by atoms with Gasteiger partial charge in [-0.25, -0.2) is 8.42 Å². The topological polar surface area (TPSA) is 70.2 Å². The van der Waals surface area contributed by atoms with Crippen LogP contribution in [0.4, 0.5) is 0 Å². The van der Waals surface area contributed by atoms with Crippen LogP contribution in [0.2, 0.25) is 0 Å². The monoisotopic (exact) mass is 265 g/mol. The molecule has 2 rings (SSSR count). The number of nitrogens with one attached hydrogen (secondary N) is 1. The van der Waals surface area contributed by atoms with Crippen molar-refractivity contribution in [2.45, 2.75) is 18.4 Å². The maximum atomic E-state index is 11.4. The number of rotatable bonds is 3. The highest BCUT2D eigenvalue weighted by Crippen LogP contribution is 2.25. The molecule has 0 amide bonds. The van der Waals surface area contributed by atoms with Gasteiger partial charge < -0.3 is 10.1 Å². The van der Waals surface area contributed by atoms with E-state index >= 15 is 0 Å². The molecule has 2 aromatic rings. The molecule has 0 fully saturated rings. The molecule has 1 aromatic heterocycles. The molecular formula is C13H15NO3S. The Bertz CT molecular complexity index is 654. The van der Waals surface area contributed by atoms with Crippen LogP contribution in [-0.2, 0) is 16.4 Å². The van der Waals surface area contributed by atoms with Gasteiger partial charge in [0.15, 0.2) is 9.84 Å². The largest absolute Gasteiger partial charge is 0.392 e. The summed E-state index contributed by atoms with van der Waals surface area (Å²) >= 11 is 0. The maximum Gasteiger partial charge on any atom is 0.175 e. The lowest BCUT2D eigenvalue weighted by molar-refractivity contribution is 0.282. The first kappa shape index (κ1) is 12.9. The minimum atomic E-state index is -3.17. The number of H-pyrrole nitrogens is 1. The van der Waals surface area contributed by atoms with Crippen LogP contribution >= 0.6 is 0 Å². The van der Waals surface area contributed by atoms with Crippen LogP contribution in [0.25, 0.3) is 11.3 Å². The second kappa shape index (κ2) is 4.59. The average molecular weight is 265 g/mol. The van der Waals surface area contributed by atoms with Crippen molar-refractivity contribution in [3.05, 3.63) is 41.6 Å². The van der Waals surface area contributed by atoms with E-state index in [1.54, 1.807) is 24.3 Å². The second-order valence-corrected chi connectivity index (χ2v) is 6.32. The maximum absolute atomic E-state index is 11.4. The summed E-state index contributed by atoms with van der Waals surface area (Å²) in [6.45, 7) is 1.86. The van der Waals surface area contributed by atoms with Crippen molar-refractivity contribution >= 4 is 9.84 Å². The van der Waals surface area contributed by atoms with Crippen molar-refractivity contribution in [1.82, 2.24) is 4.98 Å². The van der Waals surface area contributed by atoms with E-state index < -0.39 is 9.84 Å². The van der Waals surface area contributed by atoms with Gasteiger partial charge >= 0.3 is 0 Å². The van der Waals surface area contributed by atoms with E-state index in [1.165, 1.54) is 6.26 Å². The number of aliphatic hydroxyl groups is 1. The van der Waals surface area contributed by atoms with Crippen LogP contribution < -0.4 is 0 Å². The molecule has 96 valence electrons. The SMILES string of the molecule is Cc1cc(CO)c(-c2ccc(S(C)(=O)=O)cc2)[nH]1. The molecule has 0 aliphatic carbocycles. The third-order valence-electron chi connectivity index (χ3n) is 2.78. The minimum absolute atomic E-state index is 0.0481. The first-order chi connectivity index (χ1) is 8.41. The molecule has 18 heavy (non-hydrogen) atoms. The Hall–Kier alpha value is -1.59. The predicted molar refractivity (Wildman–Crippen MR) is 70.0 cm³/mol. The second-order valence-electron chi connectivity index (χ2n) is 4.31. The molecule has 0 aliphatic heterocycles. The Morgan fingerprint density at radius 3 is 2.33 bits per heavy atom. The van der Waals surface area contributed by atoms with Crippen LogP contribution in [0.3, 0.4) is 0 Å². The molecule has 0 aliphatic rings. The van der Waals surface area contributed by atoms with Gasteiger partial charge in [-0.05, 0) is 30.7 Å². The van der Waals surface area contributed by atoms with Gasteiger partial charge in [0, 0.05) is 17.5 Å². The predicted octanol–water partition coefficient (Wildman–Crippen LogP) is 1.89. The van der Waals surface area contributed by atoms with Crippen molar-refractivity contribution in [1.29, 1.82) is 0 Å². The molecule has 4 nitrogen and oxygen atoms in total. The molecule has 0 saturated heterocycles. The summed E-state index contributed by atoms with van der Waals surface area (Å²) in [4.78, 5) is 3.45. The minimum Gasteiger partial charge on any atom is -0.392 e. The summed E-state index contributed by atoms with van der Waals surface area (Å²) in [5.74, 6) is 0. The van der Waals surface area contributed by atoms with E-state index in [4.69, 9.17) is 0 Å². The lowest BCUT2D eigenvalue weighted by atomic mass is 10.1. The number of aromatic nitrogens is 1. The zero-order chi connectivity index (χ0) is 13.3. The fraction of sp³-hybridized carbons (Fsp3) is 0.231. The highest BCUT2D eigenvalue weighted by atomic mass is 32.2. The van der Waals surface area contributed by atoms with Crippen molar-refractivity contribution in [2.24, 2.45) is 0 Å². The zero-order valence-corrected chi connectivity index (χ0v) is 11.1. The fourth-order valence-electron chi connectivity index (χ4n) is 1.90. The summed E-state index contributed by atoms with van der Waals surface area (Å²) in [6, 6.07) is 8.49. The number of hydrogen-bond donors (Lipinski definition) is 2. The molecule has 1 aromatic carbocycles. The number of aliphatic hydroxyl groups excluding tert-OH is 1. The number of sulfone groups is 1. The Labute approximate surface area is 106 Å². The molecular weight excluding hydrogens is 250 g/mol. The summed E-state index contributed by atoms with van der Waals surface area (Å²) in [6.07, 6.45) is 1.18. The third-order valence-corrected chi connectivity index (χ3v) is 3.90. The van der Waals surface area contributed by atoms with Crippen molar-refractivity contribution in [3.8, 4) is 11.3 Å². The van der Waals surface area contributed by atoms with E-state index in [2.05, 4.69) is 4.98 Å². The average Bonchev–Trinajstić information content (AvgIpc) is 2.69. The fourth-order valence-corrected chi connectivity index (χ4v) is 2.53. The molecule has 0 radical (unpaired) electrons. The van der Waals surface area contributed by atoms with Crippen LogP contribution in [0.15, 0.2) is 35.2 Å². The van der Waals surface area contributed by atoms with Crippen LogP contribution in [0.5, 0.6) is 0 Å². The number of aryl methyl sites for hydroxylation is 1. The van der Waals surface area contributed by atoms with Crippen LogP contribution in [0, 0.1) is 6.92 Å². The summed E-state index contributed by atoms with van der Waals surface area (Å²) in [7, 11) is -3.17. The lowest BCUT2D eigenvalue weighted by Gasteiger charge is -2.03. The number of aromatic amines is 1. The van der Waals surface area contributed by atoms with Gasteiger partial charge in [-0.1, -0.05) is 12.1 Å². The summed E-state index contributed by atoms with van der Waals surface area (Å²) in [5.41, 5.74) is 3.45. The molecule has 5 heteroatoms. The molecule has 0 unspecified atom stereocenters. The number of benzene rings is 1. The zero-order valence-electron chi connectivity index (χ0n) is 10.3. The summed E-state index contributed by atoms with van der Waals surface area (Å²) < 4.78 is 22.7. The summed E-state index contributed by atoms with van der Waals surface area (Å²) in [5, 5.41) is 9.26. The smallest absolute Gasteiger partial charge is 0.175 e. The molecule has 0 bridgehead atoms. The van der Waals surface area contributed by atoms with Gasteiger partial charge in [0.05, 0.1) is 17.2 Å². The molecule has 1 heterocycles. The van der Waals surface area contributed by atoms with E-state index in [0.29, 0.717) is 4.90 Å². The third kappa shape index (κ3) is 2.47. The standard InChI is InChI=1S/C13H15NO3S/c1-9-7-11(8-15)13(14-9)10-3-5-12(6-4-10)18(2,16)17/h3-7,14-15H,8H2,1-2H3. The molecule has 0 saturated carbocycles. The number of hydrogen-bond acceptors (Lipinski definition) is 3. The Kier molecular flexibility index (Phi) is 3.28.